The lowest BCUT2D eigenvalue weighted by Crippen LogP contribution is -2.40. The largest absolute Gasteiger partial charge is 0.481 e. The van der Waals surface area contributed by atoms with Crippen molar-refractivity contribution in [3.8, 4) is 0 Å². The molecule has 21 heavy (non-hydrogen) atoms. The Labute approximate surface area is 125 Å². The molecule has 0 bridgehead atoms. The topological polar surface area (TPSA) is 83.5 Å². The van der Waals surface area contributed by atoms with E-state index < -0.39 is 21.9 Å². The van der Waals surface area contributed by atoms with Gasteiger partial charge in [-0.2, -0.15) is 0 Å². The van der Waals surface area contributed by atoms with E-state index in [0.29, 0.717) is 24.8 Å². The molecule has 0 spiro atoms. The molecule has 2 rings (SSSR count). The van der Waals surface area contributed by atoms with Crippen molar-refractivity contribution in [1.29, 1.82) is 0 Å². The monoisotopic (exact) mass is 311 g/mol. The van der Waals surface area contributed by atoms with Crippen molar-refractivity contribution in [2.75, 3.05) is 0 Å². The van der Waals surface area contributed by atoms with Gasteiger partial charge >= 0.3 is 5.97 Å². The summed E-state index contributed by atoms with van der Waals surface area (Å²) < 4.78 is 27.7. The molecule has 6 heteroatoms. The zero-order valence-electron chi connectivity index (χ0n) is 12.3. The predicted octanol–water partition coefficient (Wildman–Crippen LogP) is 2.23. The summed E-state index contributed by atoms with van der Waals surface area (Å²) >= 11 is 0. The number of carboxylic acid groups (broad SMARTS) is 1. The molecule has 0 heterocycles. The van der Waals surface area contributed by atoms with Crippen LogP contribution in [0.15, 0.2) is 23.1 Å². The van der Waals surface area contributed by atoms with Crippen LogP contribution in [-0.2, 0) is 14.8 Å². The highest BCUT2D eigenvalue weighted by Gasteiger charge is 2.30. The first-order valence-electron chi connectivity index (χ1n) is 7.12. The van der Waals surface area contributed by atoms with E-state index in [0.717, 1.165) is 12.0 Å². The Morgan fingerprint density at radius 3 is 2.67 bits per heavy atom. The molecule has 2 unspecified atom stereocenters. The number of rotatable bonds is 4. The average Bonchev–Trinajstić information content (AvgIpc) is 2.41. The molecular weight excluding hydrogens is 290 g/mol. The summed E-state index contributed by atoms with van der Waals surface area (Å²) in [4.78, 5) is 11.3. The van der Waals surface area contributed by atoms with Gasteiger partial charge in [0.1, 0.15) is 0 Å². The van der Waals surface area contributed by atoms with Crippen LogP contribution in [0.3, 0.4) is 0 Å². The van der Waals surface area contributed by atoms with Crippen LogP contribution in [0.4, 0.5) is 0 Å². The van der Waals surface area contributed by atoms with Crippen molar-refractivity contribution >= 4 is 16.0 Å². The Hall–Kier alpha value is -1.40. The summed E-state index contributed by atoms with van der Waals surface area (Å²) in [6, 6.07) is 5.00. The highest BCUT2D eigenvalue weighted by molar-refractivity contribution is 7.89. The fraction of sp³-hybridized carbons (Fsp3) is 0.533. The lowest BCUT2D eigenvalue weighted by molar-refractivity contribution is -0.143. The van der Waals surface area contributed by atoms with Crippen LogP contribution in [0.25, 0.3) is 0 Å². The highest BCUT2D eigenvalue weighted by atomic mass is 32.2. The number of sulfonamides is 1. The van der Waals surface area contributed by atoms with Crippen molar-refractivity contribution in [2.24, 2.45) is 5.92 Å². The molecule has 1 saturated carbocycles. The van der Waals surface area contributed by atoms with E-state index in [1.165, 1.54) is 0 Å². The molecule has 2 N–H and O–H groups in total. The molecule has 0 aromatic heterocycles. The zero-order valence-corrected chi connectivity index (χ0v) is 13.1. The highest BCUT2D eigenvalue weighted by Crippen LogP contribution is 2.26. The second kappa shape index (κ2) is 6.15. The molecule has 1 fully saturated rings. The minimum absolute atomic E-state index is 0.278. The van der Waals surface area contributed by atoms with Crippen LogP contribution in [-0.4, -0.2) is 25.5 Å². The molecule has 1 aromatic carbocycles. The van der Waals surface area contributed by atoms with Crippen molar-refractivity contribution < 1.29 is 18.3 Å². The summed E-state index contributed by atoms with van der Waals surface area (Å²) in [5, 5.41) is 9.07. The first kappa shape index (κ1) is 16.0. The number of nitrogens with one attached hydrogen (secondary N) is 1. The van der Waals surface area contributed by atoms with Gasteiger partial charge in [-0.3, -0.25) is 4.79 Å². The molecule has 0 amide bonds. The molecule has 1 aliphatic carbocycles. The van der Waals surface area contributed by atoms with Gasteiger partial charge in [0.15, 0.2) is 0 Å². The van der Waals surface area contributed by atoms with E-state index in [-0.39, 0.29) is 10.9 Å². The smallest absolute Gasteiger partial charge is 0.306 e. The number of hydrogen-bond acceptors (Lipinski definition) is 3. The summed E-state index contributed by atoms with van der Waals surface area (Å²) in [5.74, 6) is -1.30. The van der Waals surface area contributed by atoms with Crippen LogP contribution >= 0.6 is 0 Å². The fourth-order valence-corrected chi connectivity index (χ4v) is 4.41. The average molecular weight is 311 g/mol. The lowest BCUT2D eigenvalue weighted by Gasteiger charge is -2.27. The third-order valence-electron chi connectivity index (χ3n) is 3.98. The van der Waals surface area contributed by atoms with Crippen molar-refractivity contribution in [2.45, 2.75) is 50.5 Å². The van der Waals surface area contributed by atoms with Gasteiger partial charge in [0.25, 0.3) is 0 Å². The second-order valence-corrected chi connectivity index (χ2v) is 7.47. The number of carbonyl (C=O) groups is 1. The Morgan fingerprint density at radius 2 is 2.00 bits per heavy atom. The number of carboxylic acids is 1. The third kappa shape index (κ3) is 3.83. The van der Waals surface area contributed by atoms with E-state index >= 15 is 0 Å². The van der Waals surface area contributed by atoms with E-state index in [1.807, 2.05) is 13.0 Å². The van der Waals surface area contributed by atoms with Gasteiger partial charge in [-0.05, 0) is 50.3 Å². The number of aryl methyl sites for hydroxylation is 2. The minimum atomic E-state index is -3.61. The van der Waals surface area contributed by atoms with Crippen LogP contribution in [0, 0.1) is 19.8 Å². The number of hydrogen-bond donors (Lipinski definition) is 2. The van der Waals surface area contributed by atoms with Gasteiger partial charge in [0.2, 0.25) is 10.0 Å². The van der Waals surface area contributed by atoms with Crippen LogP contribution < -0.4 is 4.72 Å². The number of aliphatic carboxylic acids is 1. The van der Waals surface area contributed by atoms with E-state index in [9.17, 15) is 13.2 Å². The lowest BCUT2D eigenvalue weighted by atomic mass is 9.86. The van der Waals surface area contributed by atoms with Gasteiger partial charge in [0, 0.05) is 6.04 Å². The van der Waals surface area contributed by atoms with Crippen LogP contribution in [0.5, 0.6) is 0 Å². The van der Waals surface area contributed by atoms with E-state index in [4.69, 9.17) is 5.11 Å². The summed E-state index contributed by atoms with van der Waals surface area (Å²) in [5.41, 5.74) is 1.58. The van der Waals surface area contributed by atoms with Crippen molar-refractivity contribution in [3.63, 3.8) is 0 Å². The van der Waals surface area contributed by atoms with Gasteiger partial charge < -0.3 is 5.11 Å². The predicted molar refractivity (Wildman–Crippen MR) is 79.6 cm³/mol. The molecule has 1 aliphatic rings. The van der Waals surface area contributed by atoms with Crippen LogP contribution in [0.2, 0.25) is 0 Å². The normalized spacial score (nSPS) is 23.0. The molecule has 0 radical (unpaired) electrons. The van der Waals surface area contributed by atoms with Gasteiger partial charge in [-0.25, -0.2) is 13.1 Å². The molecular formula is C15H21NO4S. The summed E-state index contributed by atoms with van der Waals surface area (Å²) in [7, 11) is -3.61. The molecule has 1 aromatic rings. The van der Waals surface area contributed by atoms with E-state index in [2.05, 4.69) is 4.72 Å². The second-order valence-electron chi connectivity index (χ2n) is 5.79. The zero-order chi connectivity index (χ0) is 15.6. The summed E-state index contributed by atoms with van der Waals surface area (Å²) in [6.07, 6.45) is 2.40. The Balaban J connectivity index is 2.17. The molecule has 2 atom stereocenters. The maximum Gasteiger partial charge on any atom is 0.306 e. The van der Waals surface area contributed by atoms with Gasteiger partial charge in [0.05, 0.1) is 10.8 Å². The first-order chi connectivity index (χ1) is 9.79. The van der Waals surface area contributed by atoms with Crippen LogP contribution in [0.1, 0.15) is 36.8 Å². The first-order valence-corrected chi connectivity index (χ1v) is 8.60. The summed E-state index contributed by atoms with van der Waals surface area (Å²) in [6.45, 7) is 3.61. The minimum Gasteiger partial charge on any atom is -0.481 e. The molecule has 116 valence electrons. The maximum absolute atomic E-state index is 12.5. The SMILES string of the molecule is Cc1ccc(C)c(S(=O)(=O)NC2CCCC(C(=O)O)C2)c1. The fourth-order valence-electron chi connectivity index (χ4n) is 2.80. The maximum atomic E-state index is 12.5. The van der Waals surface area contributed by atoms with Crippen molar-refractivity contribution in [3.05, 3.63) is 29.3 Å². The molecule has 0 saturated heterocycles. The standard InChI is InChI=1S/C15H21NO4S/c1-10-6-7-11(2)14(8-10)21(19,20)16-13-5-3-4-12(9-13)15(17)18/h6-8,12-13,16H,3-5,9H2,1-2H3,(H,17,18). The van der Waals surface area contributed by atoms with Gasteiger partial charge in [-0.15, -0.1) is 0 Å². The Bertz CT molecular complexity index is 639. The third-order valence-corrected chi connectivity index (χ3v) is 5.64. The quantitative estimate of drug-likeness (QED) is 0.893. The Morgan fingerprint density at radius 1 is 1.29 bits per heavy atom. The van der Waals surface area contributed by atoms with Gasteiger partial charge in [-0.1, -0.05) is 18.6 Å². The number of benzene rings is 1. The van der Waals surface area contributed by atoms with Crippen molar-refractivity contribution in [1.82, 2.24) is 4.72 Å². The van der Waals surface area contributed by atoms with E-state index in [1.54, 1.807) is 19.1 Å². The molecule has 0 aliphatic heterocycles. The Kier molecular flexibility index (Phi) is 4.68. The molecule has 5 nitrogen and oxygen atoms in total.